The van der Waals surface area contributed by atoms with Gasteiger partial charge in [-0.2, -0.15) is 10.0 Å². The zero-order valence-electron chi connectivity index (χ0n) is 6.28. The molecular weight excluding hydrogens is 148 g/mol. The lowest BCUT2D eigenvalue weighted by Gasteiger charge is -2.30. The average Bonchev–Trinajstić information content (AvgIpc) is 1.79. The summed E-state index contributed by atoms with van der Waals surface area (Å²) in [4.78, 5) is 9.91. The van der Waals surface area contributed by atoms with Gasteiger partial charge < -0.3 is 4.74 Å². The molecule has 0 radical (unpaired) electrons. The van der Waals surface area contributed by atoms with Crippen molar-refractivity contribution in [3.63, 3.8) is 0 Å². The number of nitrogens with one attached hydrogen (secondary N) is 1. The Morgan fingerprint density at radius 3 is 2.73 bits per heavy atom. The lowest BCUT2D eigenvalue weighted by Crippen LogP contribution is -2.44. The molecule has 0 amide bonds. The summed E-state index contributed by atoms with van der Waals surface area (Å²) in [6.45, 7) is 2.74. The second-order valence-electron chi connectivity index (χ2n) is 2.66. The largest absolute Gasteiger partial charge is 0.350 e. The fourth-order valence-corrected chi connectivity index (χ4v) is 0.813. The molecule has 2 rings (SSSR count). The molecule has 1 atom stereocenters. The first-order chi connectivity index (χ1) is 5.45. The van der Waals surface area contributed by atoms with Gasteiger partial charge >= 0.3 is 0 Å². The Morgan fingerprint density at radius 2 is 2.27 bits per heavy atom. The van der Waals surface area contributed by atoms with Gasteiger partial charge in [0.15, 0.2) is 6.29 Å². The van der Waals surface area contributed by atoms with E-state index in [1.165, 1.54) is 6.42 Å². The third-order valence-corrected chi connectivity index (χ3v) is 1.82. The molecule has 2 aliphatic rings. The summed E-state index contributed by atoms with van der Waals surface area (Å²) in [7, 11) is 0. The van der Waals surface area contributed by atoms with E-state index in [9.17, 15) is 0 Å². The molecule has 2 aliphatic heterocycles. The summed E-state index contributed by atoms with van der Waals surface area (Å²) >= 11 is 0. The van der Waals surface area contributed by atoms with E-state index < -0.39 is 0 Å². The second kappa shape index (κ2) is 3.46. The van der Waals surface area contributed by atoms with E-state index in [0.717, 1.165) is 26.1 Å². The van der Waals surface area contributed by atoms with Gasteiger partial charge in [-0.25, -0.2) is 4.84 Å². The van der Waals surface area contributed by atoms with Crippen molar-refractivity contribution in [1.29, 1.82) is 0 Å². The highest BCUT2D eigenvalue weighted by atomic mass is 17.0. The van der Waals surface area contributed by atoms with Gasteiger partial charge in [0, 0.05) is 19.5 Å². The van der Waals surface area contributed by atoms with Gasteiger partial charge in [-0.15, -0.1) is 0 Å². The minimum absolute atomic E-state index is 0.115. The van der Waals surface area contributed by atoms with Crippen LogP contribution in [-0.4, -0.2) is 31.0 Å². The van der Waals surface area contributed by atoms with Crippen LogP contribution in [0.25, 0.3) is 0 Å². The third-order valence-electron chi connectivity index (χ3n) is 1.82. The van der Waals surface area contributed by atoms with Gasteiger partial charge in [0.25, 0.3) is 0 Å². The monoisotopic (exact) mass is 160 g/mol. The highest BCUT2D eigenvalue weighted by molar-refractivity contribution is 4.57. The van der Waals surface area contributed by atoms with Crippen molar-refractivity contribution in [3.8, 4) is 0 Å². The molecule has 2 saturated heterocycles. The van der Waals surface area contributed by atoms with E-state index in [2.05, 4.69) is 5.64 Å². The van der Waals surface area contributed by atoms with Crippen LogP contribution in [0.5, 0.6) is 0 Å². The highest BCUT2D eigenvalue weighted by Gasteiger charge is 2.20. The lowest BCUT2D eigenvalue weighted by atomic mass is 10.3. The molecule has 2 heterocycles. The maximum absolute atomic E-state index is 4.98. The maximum atomic E-state index is 4.98. The molecule has 5 heteroatoms. The maximum Gasteiger partial charge on any atom is 0.182 e. The normalized spacial score (nSPS) is 31.1. The molecule has 0 aliphatic carbocycles. The van der Waals surface area contributed by atoms with Crippen LogP contribution in [0.2, 0.25) is 0 Å². The molecule has 2 fully saturated rings. The summed E-state index contributed by atoms with van der Waals surface area (Å²) in [5, 5.41) is 1.79. The van der Waals surface area contributed by atoms with Crippen LogP contribution in [0.3, 0.4) is 0 Å². The minimum atomic E-state index is -0.115. The Hall–Kier alpha value is -0.200. The van der Waals surface area contributed by atoms with Crippen molar-refractivity contribution in [2.75, 3.05) is 19.7 Å². The standard InChI is InChI=1S/C6H12N2O3/c1-3-8(4-1)11-7-10-6-2-5-9-6/h6-7H,1-5H2. The van der Waals surface area contributed by atoms with Crippen molar-refractivity contribution in [3.05, 3.63) is 0 Å². The Labute approximate surface area is 65.1 Å². The predicted molar refractivity (Wildman–Crippen MR) is 35.9 cm³/mol. The Balaban J connectivity index is 1.46. The topological polar surface area (TPSA) is 43.0 Å². The van der Waals surface area contributed by atoms with E-state index in [0.29, 0.717) is 0 Å². The molecule has 0 aromatic rings. The molecule has 0 aromatic heterocycles. The van der Waals surface area contributed by atoms with Crippen molar-refractivity contribution < 1.29 is 14.5 Å². The second-order valence-corrected chi connectivity index (χ2v) is 2.66. The van der Waals surface area contributed by atoms with Crippen molar-refractivity contribution in [2.45, 2.75) is 19.1 Å². The van der Waals surface area contributed by atoms with E-state index >= 15 is 0 Å². The number of hydrogen-bond acceptors (Lipinski definition) is 5. The predicted octanol–water partition coefficient (Wildman–Crippen LogP) is -0.194. The number of ether oxygens (including phenoxy) is 1. The third kappa shape index (κ3) is 1.88. The molecule has 0 bridgehead atoms. The van der Waals surface area contributed by atoms with Gasteiger partial charge in [0.2, 0.25) is 0 Å². The van der Waals surface area contributed by atoms with Crippen molar-refractivity contribution >= 4 is 0 Å². The zero-order valence-corrected chi connectivity index (χ0v) is 6.28. The van der Waals surface area contributed by atoms with Crippen LogP contribution in [0.1, 0.15) is 12.8 Å². The molecule has 0 spiro atoms. The van der Waals surface area contributed by atoms with E-state index in [4.69, 9.17) is 14.5 Å². The quantitative estimate of drug-likeness (QED) is 0.577. The first kappa shape index (κ1) is 7.45. The number of hydrogen-bond donors (Lipinski definition) is 1. The van der Waals surface area contributed by atoms with E-state index in [-0.39, 0.29) is 6.29 Å². The molecule has 11 heavy (non-hydrogen) atoms. The molecule has 64 valence electrons. The van der Waals surface area contributed by atoms with Crippen LogP contribution in [0, 0.1) is 0 Å². The number of nitrogens with zero attached hydrogens (tertiary/aromatic N) is 1. The summed E-state index contributed by atoms with van der Waals surface area (Å²) in [6.07, 6.45) is 2.02. The number of rotatable bonds is 4. The smallest absolute Gasteiger partial charge is 0.182 e. The molecule has 1 N–H and O–H groups in total. The van der Waals surface area contributed by atoms with Gasteiger partial charge in [-0.3, -0.25) is 0 Å². The summed E-state index contributed by atoms with van der Waals surface area (Å²) in [5.74, 6) is 0. The first-order valence-electron chi connectivity index (χ1n) is 3.89. The molecule has 0 aromatic carbocycles. The van der Waals surface area contributed by atoms with Crippen molar-refractivity contribution in [1.82, 2.24) is 10.7 Å². The molecule has 0 saturated carbocycles. The highest BCUT2D eigenvalue weighted by Crippen LogP contribution is 2.11. The van der Waals surface area contributed by atoms with Crippen molar-refractivity contribution in [2.24, 2.45) is 0 Å². The summed E-state index contributed by atoms with van der Waals surface area (Å²) < 4.78 is 4.98. The Bertz CT molecular complexity index is 111. The average molecular weight is 160 g/mol. The van der Waals surface area contributed by atoms with Crippen LogP contribution in [-0.2, 0) is 14.5 Å². The van der Waals surface area contributed by atoms with Gasteiger partial charge in [0.1, 0.15) is 0 Å². The van der Waals surface area contributed by atoms with Gasteiger partial charge in [0.05, 0.1) is 6.61 Å². The Morgan fingerprint density at radius 1 is 1.45 bits per heavy atom. The zero-order chi connectivity index (χ0) is 7.52. The van der Waals surface area contributed by atoms with E-state index in [1.807, 2.05) is 0 Å². The van der Waals surface area contributed by atoms with Crippen LogP contribution < -0.4 is 5.64 Å². The molecular formula is C6H12N2O3. The van der Waals surface area contributed by atoms with Gasteiger partial charge in [-0.1, -0.05) is 5.64 Å². The summed E-state index contributed by atoms with van der Waals surface area (Å²) in [5.41, 5.74) is 2.39. The molecule has 1 unspecified atom stereocenters. The fourth-order valence-electron chi connectivity index (χ4n) is 0.813. The molecule has 5 nitrogen and oxygen atoms in total. The Kier molecular flexibility index (Phi) is 2.35. The van der Waals surface area contributed by atoms with E-state index in [1.54, 1.807) is 5.06 Å². The van der Waals surface area contributed by atoms with Gasteiger partial charge in [-0.05, 0) is 6.42 Å². The van der Waals surface area contributed by atoms with Crippen LogP contribution >= 0.6 is 0 Å². The fraction of sp³-hybridized carbons (Fsp3) is 1.00. The minimum Gasteiger partial charge on any atom is -0.350 e. The summed E-state index contributed by atoms with van der Waals surface area (Å²) in [6, 6.07) is 0. The SMILES string of the molecule is C1CN(ONOC2CCO2)C1. The first-order valence-corrected chi connectivity index (χ1v) is 3.89. The van der Waals surface area contributed by atoms with Crippen LogP contribution in [0.4, 0.5) is 0 Å². The number of hydroxylamine groups is 2. The lowest BCUT2D eigenvalue weighted by molar-refractivity contribution is -0.376. The van der Waals surface area contributed by atoms with Crippen LogP contribution in [0.15, 0.2) is 0 Å².